The van der Waals surface area contributed by atoms with Crippen molar-refractivity contribution in [3.05, 3.63) is 59.9 Å². The normalized spacial score (nSPS) is 19.3. The van der Waals surface area contributed by atoms with Crippen LogP contribution in [0.2, 0.25) is 0 Å². The zero-order valence-corrected chi connectivity index (χ0v) is 14.3. The fourth-order valence-corrected chi connectivity index (χ4v) is 3.69. The molecule has 2 aromatic carbocycles. The highest BCUT2D eigenvalue weighted by atomic mass is 19.1. The molecular weight excluding hydrogens is 333 g/mol. The average Bonchev–Trinajstić information content (AvgIpc) is 2.98. The minimum Gasteiger partial charge on any atom is -0.366 e. The smallest absolute Gasteiger partial charge is 0.232 e. The van der Waals surface area contributed by atoms with Crippen molar-refractivity contribution in [3.63, 3.8) is 0 Å². The van der Waals surface area contributed by atoms with Crippen LogP contribution in [0, 0.1) is 5.82 Å². The lowest BCUT2D eigenvalue weighted by Crippen LogP contribution is -2.49. The maximum Gasteiger partial charge on any atom is 0.232 e. The van der Waals surface area contributed by atoms with Gasteiger partial charge in [-0.05, 0) is 23.8 Å². The number of carbonyl (C=O) groups is 2. The van der Waals surface area contributed by atoms with Crippen LogP contribution in [0.5, 0.6) is 0 Å². The van der Waals surface area contributed by atoms with Crippen molar-refractivity contribution in [2.24, 2.45) is 0 Å². The number of hydrogen-bond acceptors (Lipinski definition) is 3. The van der Waals surface area contributed by atoms with Crippen LogP contribution in [-0.2, 0) is 9.59 Å². The van der Waals surface area contributed by atoms with Crippen LogP contribution in [0.3, 0.4) is 0 Å². The summed E-state index contributed by atoms with van der Waals surface area (Å²) in [6.07, 6.45) is 0.169. The van der Waals surface area contributed by atoms with Gasteiger partial charge in [-0.3, -0.25) is 9.59 Å². The van der Waals surface area contributed by atoms with Gasteiger partial charge in [0.2, 0.25) is 11.8 Å². The molecule has 0 bridgehead atoms. The molecule has 5 nitrogen and oxygen atoms in total. The Morgan fingerprint density at radius 1 is 1.04 bits per heavy atom. The summed E-state index contributed by atoms with van der Waals surface area (Å²) >= 11 is 0. The van der Waals surface area contributed by atoms with E-state index < -0.39 is 5.92 Å². The van der Waals surface area contributed by atoms with Gasteiger partial charge in [-0.25, -0.2) is 4.39 Å². The van der Waals surface area contributed by atoms with Gasteiger partial charge in [-0.15, -0.1) is 0 Å². The minimum absolute atomic E-state index is 0.0324. The molecule has 1 unspecified atom stereocenters. The van der Waals surface area contributed by atoms with Crippen LogP contribution in [0.4, 0.5) is 15.8 Å². The first-order valence-electron chi connectivity index (χ1n) is 8.80. The number of benzene rings is 2. The predicted molar refractivity (Wildman–Crippen MR) is 97.6 cm³/mol. The Morgan fingerprint density at radius 2 is 1.73 bits per heavy atom. The molecule has 1 atom stereocenters. The van der Waals surface area contributed by atoms with Crippen molar-refractivity contribution in [1.29, 1.82) is 0 Å². The number of halogens is 1. The third-order valence-electron chi connectivity index (χ3n) is 5.11. The summed E-state index contributed by atoms with van der Waals surface area (Å²) in [6, 6.07) is 14.2. The van der Waals surface area contributed by atoms with Crippen LogP contribution in [-0.4, -0.2) is 42.9 Å². The van der Waals surface area contributed by atoms with E-state index in [4.69, 9.17) is 0 Å². The fourth-order valence-electron chi connectivity index (χ4n) is 3.69. The van der Waals surface area contributed by atoms with Crippen LogP contribution >= 0.6 is 0 Å². The molecule has 0 saturated carbocycles. The summed E-state index contributed by atoms with van der Waals surface area (Å²) in [6.45, 7) is 2.23. The summed E-state index contributed by atoms with van der Waals surface area (Å²) in [5.41, 5.74) is 2.25. The Labute approximate surface area is 151 Å². The van der Waals surface area contributed by atoms with Gasteiger partial charge in [-0.1, -0.05) is 30.3 Å². The largest absolute Gasteiger partial charge is 0.366 e. The van der Waals surface area contributed by atoms with Crippen molar-refractivity contribution in [2.75, 3.05) is 36.4 Å². The number of para-hydroxylation sites is 2. The number of amides is 2. The zero-order valence-electron chi connectivity index (χ0n) is 14.3. The average molecular weight is 353 g/mol. The van der Waals surface area contributed by atoms with Gasteiger partial charge in [0.1, 0.15) is 5.82 Å². The van der Waals surface area contributed by atoms with E-state index in [-0.39, 0.29) is 24.1 Å². The lowest BCUT2D eigenvalue weighted by Gasteiger charge is -2.36. The van der Waals surface area contributed by atoms with Crippen LogP contribution < -0.4 is 10.2 Å². The highest BCUT2D eigenvalue weighted by Crippen LogP contribution is 2.34. The summed E-state index contributed by atoms with van der Waals surface area (Å²) in [7, 11) is 0. The number of carbonyl (C=O) groups excluding carboxylic acids is 2. The van der Waals surface area contributed by atoms with E-state index in [2.05, 4.69) is 5.32 Å². The molecule has 2 aliphatic heterocycles. The maximum atomic E-state index is 13.9. The third-order valence-corrected chi connectivity index (χ3v) is 5.11. The Bertz CT molecular complexity index is 846. The topological polar surface area (TPSA) is 52.7 Å². The fraction of sp³-hybridized carbons (Fsp3) is 0.300. The quantitative estimate of drug-likeness (QED) is 0.923. The van der Waals surface area contributed by atoms with Gasteiger partial charge >= 0.3 is 0 Å². The molecule has 1 fully saturated rings. The van der Waals surface area contributed by atoms with E-state index in [0.717, 1.165) is 11.3 Å². The molecule has 2 heterocycles. The minimum atomic E-state index is -0.428. The van der Waals surface area contributed by atoms with Gasteiger partial charge < -0.3 is 15.1 Å². The summed E-state index contributed by atoms with van der Waals surface area (Å²) in [5, 5.41) is 2.83. The molecule has 6 heteroatoms. The zero-order chi connectivity index (χ0) is 18.1. The van der Waals surface area contributed by atoms with E-state index in [1.54, 1.807) is 17.0 Å². The van der Waals surface area contributed by atoms with E-state index >= 15 is 0 Å². The molecule has 0 radical (unpaired) electrons. The van der Waals surface area contributed by atoms with Crippen LogP contribution in [0.25, 0.3) is 0 Å². The number of rotatable bonds is 3. The SMILES string of the molecule is O=C1Nc2ccccc2C1CC(=O)N1CCN(c2ccccc2F)CC1. The number of anilines is 2. The summed E-state index contributed by atoms with van der Waals surface area (Å²) < 4.78 is 13.9. The second kappa shape index (κ2) is 6.78. The number of nitrogens with one attached hydrogen (secondary N) is 1. The van der Waals surface area contributed by atoms with Gasteiger partial charge in [0.25, 0.3) is 0 Å². The number of nitrogens with zero attached hydrogens (tertiary/aromatic N) is 2. The molecule has 0 aromatic heterocycles. The Hall–Kier alpha value is -2.89. The van der Waals surface area contributed by atoms with Gasteiger partial charge in [-0.2, -0.15) is 0 Å². The Kier molecular flexibility index (Phi) is 4.32. The van der Waals surface area contributed by atoms with Crippen LogP contribution in [0.1, 0.15) is 17.9 Å². The first kappa shape index (κ1) is 16.6. The molecule has 2 aromatic rings. The predicted octanol–water partition coefficient (Wildman–Crippen LogP) is 2.60. The lowest BCUT2D eigenvalue weighted by atomic mass is 9.96. The second-order valence-electron chi connectivity index (χ2n) is 6.65. The number of fused-ring (bicyclic) bond motifs is 1. The highest BCUT2D eigenvalue weighted by Gasteiger charge is 2.34. The van der Waals surface area contributed by atoms with Gasteiger partial charge in [0.15, 0.2) is 0 Å². The van der Waals surface area contributed by atoms with Crippen molar-refractivity contribution in [2.45, 2.75) is 12.3 Å². The monoisotopic (exact) mass is 353 g/mol. The van der Waals surface area contributed by atoms with Crippen LogP contribution in [0.15, 0.2) is 48.5 Å². The Morgan fingerprint density at radius 3 is 2.50 bits per heavy atom. The molecule has 4 rings (SSSR count). The molecule has 0 spiro atoms. The molecule has 26 heavy (non-hydrogen) atoms. The van der Waals surface area contributed by atoms with E-state index in [9.17, 15) is 14.0 Å². The van der Waals surface area contributed by atoms with Gasteiger partial charge in [0, 0.05) is 38.3 Å². The Balaban J connectivity index is 1.39. The molecule has 1 N–H and O–H groups in total. The first-order valence-corrected chi connectivity index (χ1v) is 8.80. The van der Waals surface area contributed by atoms with Crippen molar-refractivity contribution < 1.29 is 14.0 Å². The third kappa shape index (κ3) is 3.03. The van der Waals surface area contributed by atoms with Crippen molar-refractivity contribution in [3.8, 4) is 0 Å². The molecule has 2 aliphatic rings. The molecule has 1 saturated heterocycles. The molecule has 134 valence electrons. The molecule has 0 aliphatic carbocycles. The maximum absolute atomic E-state index is 13.9. The number of hydrogen-bond donors (Lipinski definition) is 1. The lowest BCUT2D eigenvalue weighted by molar-refractivity contribution is -0.133. The summed E-state index contributed by atoms with van der Waals surface area (Å²) in [4.78, 5) is 28.6. The standard InChI is InChI=1S/C20H20FN3O2/c21-16-6-2-4-8-18(16)23-9-11-24(12-10-23)19(25)13-15-14-5-1-3-7-17(14)22-20(15)26/h1-8,15H,9-13H2,(H,22,26). The van der Waals surface area contributed by atoms with E-state index in [0.29, 0.717) is 31.9 Å². The first-order chi connectivity index (χ1) is 12.6. The second-order valence-corrected chi connectivity index (χ2v) is 6.65. The summed E-state index contributed by atoms with van der Waals surface area (Å²) in [5.74, 6) is -0.825. The highest BCUT2D eigenvalue weighted by molar-refractivity contribution is 6.04. The molecule has 2 amide bonds. The van der Waals surface area contributed by atoms with Gasteiger partial charge in [0.05, 0.1) is 11.6 Å². The van der Waals surface area contributed by atoms with Crippen molar-refractivity contribution in [1.82, 2.24) is 4.90 Å². The van der Waals surface area contributed by atoms with E-state index in [1.807, 2.05) is 35.2 Å². The van der Waals surface area contributed by atoms with Crippen molar-refractivity contribution >= 4 is 23.2 Å². The number of piperazine rings is 1. The molecular formula is C20H20FN3O2. The van der Waals surface area contributed by atoms with E-state index in [1.165, 1.54) is 6.07 Å².